The summed E-state index contributed by atoms with van der Waals surface area (Å²) in [6, 6.07) is -0.353. The summed E-state index contributed by atoms with van der Waals surface area (Å²) in [6.45, 7) is 1.66. The van der Waals surface area contributed by atoms with E-state index in [4.69, 9.17) is 14.6 Å². The summed E-state index contributed by atoms with van der Waals surface area (Å²) >= 11 is 0. The number of nitrogens with zero attached hydrogens (tertiary/aromatic N) is 1. The highest BCUT2D eigenvalue weighted by Crippen LogP contribution is 2.43. The van der Waals surface area contributed by atoms with Gasteiger partial charge in [-0.15, -0.1) is 0 Å². The van der Waals surface area contributed by atoms with Crippen LogP contribution >= 0.6 is 0 Å². The molecule has 2 fully saturated rings. The van der Waals surface area contributed by atoms with Crippen molar-refractivity contribution in [3.63, 3.8) is 0 Å². The minimum atomic E-state index is -0.968. The van der Waals surface area contributed by atoms with Crippen molar-refractivity contribution < 1.29 is 29.0 Å². The first-order valence-electron chi connectivity index (χ1n) is 6.90. The van der Waals surface area contributed by atoms with Gasteiger partial charge in [0.25, 0.3) is 0 Å². The largest absolute Gasteiger partial charge is 0.481 e. The molecular formula is C13H20N2O6. The Labute approximate surface area is 122 Å². The van der Waals surface area contributed by atoms with Crippen molar-refractivity contribution in [2.75, 3.05) is 40.0 Å². The first-order chi connectivity index (χ1) is 9.99. The molecule has 2 N–H and O–H groups in total. The van der Waals surface area contributed by atoms with Crippen molar-refractivity contribution in [2.45, 2.75) is 12.8 Å². The topological polar surface area (TPSA) is 105 Å². The van der Waals surface area contributed by atoms with Crippen LogP contribution in [0.3, 0.4) is 0 Å². The number of carbonyl (C=O) groups excluding carboxylic acids is 2. The van der Waals surface area contributed by atoms with Crippen LogP contribution in [0.15, 0.2) is 0 Å². The second-order valence-corrected chi connectivity index (χ2v) is 5.43. The lowest BCUT2D eigenvalue weighted by Gasteiger charge is -2.35. The van der Waals surface area contributed by atoms with Crippen LogP contribution in [0, 0.1) is 11.3 Å². The fourth-order valence-corrected chi connectivity index (χ4v) is 3.03. The molecular weight excluding hydrogens is 280 g/mol. The molecule has 0 saturated carbocycles. The Kier molecular flexibility index (Phi) is 4.66. The Morgan fingerprint density at radius 2 is 2.24 bits per heavy atom. The van der Waals surface area contributed by atoms with E-state index in [0.29, 0.717) is 26.2 Å². The van der Waals surface area contributed by atoms with E-state index >= 15 is 0 Å². The molecule has 0 unspecified atom stereocenters. The van der Waals surface area contributed by atoms with Gasteiger partial charge in [0.2, 0.25) is 0 Å². The summed E-state index contributed by atoms with van der Waals surface area (Å²) < 4.78 is 10.3. The fourth-order valence-electron chi connectivity index (χ4n) is 3.03. The number of carbonyl (C=O) groups is 3. The molecule has 2 heterocycles. The third-order valence-electron chi connectivity index (χ3n) is 4.20. The van der Waals surface area contributed by atoms with Crippen molar-refractivity contribution in [2.24, 2.45) is 11.3 Å². The number of carboxylic acid groups (broad SMARTS) is 1. The highest BCUT2D eigenvalue weighted by molar-refractivity contribution is 5.81. The van der Waals surface area contributed by atoms with Gasteiger partial charge in [-0.2, -0.15) is 0 Å². The molecule has 2 aliphatic rings. The van der Waals surface area contributed by atoms with E-state index in [1.165, 1.54) is 12.0 Å². The molecule has 0 spiro atoms. The maximum Gasteiger partial charge on any atom is 0.317 e. The molecule has 2 rings (SSSR count). The fraction of sp³-hybridized carbons (Fsp3) is 0.769. The SMILES string of the molecule is COC(=O)[C@@]12CCOC[C@@H]1CN(C(=O)NCCC(=O)O)C2. The summed E-state index contributed by atoms with van der Waals surface area (Å²) in [5.74, 6) is -1.36. The molecule has 0 aromatic rings. The maximum absolute atomic E-state index is 12.1. The summed E-state index contributed by atoms with van der Waals surface area (Å²) in [4.78, 5) is 36.2. The van der Waals surface area contributed by atoms with Gasteiger partial charge in [-0.25, -0.2) is 4.79 Å². The Morgan fingerprint density at radius 3 is 2.90 bits per heavy atom. The van der Waals surface area contributed by atoms with Gasteiger partial charge in [0, 0.05) is 32.2 Å². The number of hydrogen-bond acceptors (Lipinski definition) is 5. The first-order valence-corrected chi connectivity index (χ1v) is 6.90. The average Bonchev–Trinajstić information content (AvgIpc) is 2.86. The van der Waals surface area contributed by atoms with Gasteiger partial charge in [-0.3, -0.25) is 9.59 Å². The number of urea groups is 1. The zero-order chi connectivity index (χ0) is 15.5. The van der Waals surface area contributed by atoms with Crippen LogP contribution < -0.4 is 5.32 Å². The van der Waals surface area contributed by atoms with Crippen molar-refractivity contribution in [3.05, 3.63) is 0 Å². The third kappa shape index (κ3) is 3.10. The third-order valence-corrected chi connectivity index (χ3v) is 4.20. The molecule has 0 bridgehead atoms. The number of amides is 2. The average molecular weight is 300 g/mol. The van der Waals surface area contributed by atoms with Crippen molar-refractivity contribution in [1.29, 1.82) is 0 Å². The Morgan fingerprint density at radius 1 is 1.48 bits per heavy atom. The number of nitrogens with one attached hydrogen (secondary N) is 1. The molecule has 2 aliphatic heterocycles. The maximum atomic E-state index is 12.1. The van der Waals surface area contributed by atoms with Gasteiger partial charge >= 0.3 is 18.0 Å². The number of aliphatic carboxylic acids is 1. The standard InChI is InChI=1S/C13H20N2O6/c1-20-11(18)13-3-5-21-7-9(13)6-15(8-13)12(19)14-4-2-10(16)17/h9H,2-8H2,1H3,(H,14,19)(H,16,17)/t9-,13+/m0/s1. The molecule has 0 radical (unpaired) electrons. The molecule has 0 aromatic carbocycles. The summed E-state index contributed by atoms with van der Waals surface area (Å²) in [7, 11) is 1.35. The number of carboxylic acids is 1. The van der Waals surface area contributed by atoms with Crippen molar-refractivity contribution in [3.8, 4) is 0 Å². The number of likely N-dealkylation sites (tertiary alicyclic amines) is 1. The van der Waals surface area contributed by atoms with Crippen LogP contribution in [-0.4, -0.2) is 67.9 Å². The number of esters is 1. The normalized spacial score (nSPS) is 27.9. The lowest BCUT2D eigenvalue weighted by atomic mass is 9.74. The van der Waals surface area contributed by atoms with Crippen LogP contribution in [0.1, 0.15) is 12.8 Å². The van der Waals surface area contributed by atoms with E-state index in [1.807, 2.05) is 0 Å². The van der Waals surface area contributed by atoms with Gasteiger partial charge in [-0.1, -0.05) is 0 Å². The van der Waals surface area contributed by atoms with Crippen LogP contribution in [-0.2, 0) is 19.1 Å². The molecule has 8 nitrogen and oxygen atoms in total. The summed E-state index contributed by atoms with van der Waals surface area (Å²) in [6.07, 6.45) is 0.400. The van der Waals surface area contributed by atoms with E-state index in [1.54, 1.807) is 0 Å². The Bertz CT molecular complexity index is 440. The smallest absolute Gasteiger partial charge is 0.317 e. The van der Waals surface area contributed by atoms with Crippen LogP contribution in [0.25, 0.3) is 0 Å². The van der Waals surface area contributed by atoms with E-state index in [-0.39, 0.29) is 37.4 Å². The zero-order valence-electron chi connectivity index (χ0n) is 12.0. The van der Waals surface area contributed by atoms with E-state index < -0.39 is 11.4 Å². The second kappa shape index (κ2) is 6.30. The zero-order valence-corrected chi connectivity index (χ0v) is 12.0. The Balaban J connectivity index is 2.00. The van der Waals surface area contributed by atoms with Crippen LogP contribution in [0.5, 0.6) is 0 Å². The minimum absolute atomic E-state index is 0.0665. The van der Waals surface area contributed by atoms with Gasteiger partial charge in [0.05, 0.1) is 25.6 Å². The first kappa shape index (κ1) is 15.6. The molecule has 2 saturated heterocycles. The molecule has 0 aromatic heterocycles. The lowest BCUT2D eigenvalue weighted by Crippen LogP contribution is -2.46. The molecule has 118 valence electrons. The van der Waals surface area contributed by atoms with Crippen LogP contribution in [0.4, 0.5) is 4.79 Å². The minimum Gasteiger partial charge on any atom is -0.481 e. The van der Waals surface area contributed by atoms with Crippen molar-refractivity contribution >= 4 is 18.0 Å². The second-order valence-electron chi connectivity index (χ2n) is 5.43. The van der Waals surface area contributed by atoms with E-state index in [0.717, 1.165) is 0 Å². The van der Waals surface area contributed by atoms with E-state index in [2.05, 4.69) is 5.32 Å². The Hall–Kier alpha value is -1.83. The number of hydrogen-bond donors (Lipinski definition) is 2. The molecule has 21 heavy (non-hydrogen) atoms. The monoisotopic (exact) mass is 300 g/mol. The predicted octanol–water partition coefficient (Wildman–Crippen LogP) is -0.318. The highest BCUT2D eigenvalue weighted by atomic mass is 16.5. The number of rotatable bonds is 4. The van der Waals surface area contributed by atoms with Crippen LogP contribution in [0.2, 0.25) is 0 Å². The quantitative estimate of drug-likeness (QED) is 0.690. The number of ether oxygens (including phenoxy) is 2. The van der Waals surface area contributed by atoms with Gasteiger partial charge < -0.3 is 24.8 Å². The highest BCUT2D eigenvalue weighted by Gasteiger charge is 2.55. The lowest BCUT2D eigenvalue weighted by molar-refractivity contribution is -0.161. The summed E-state index contributed by atoms with van der Waals surface area (Å²) in [5.41, 5.74) is -0.697. The number of methoxy groups -OCH3 is 1. The predicted molar refractivity (Wildman–Crippen MR) is 70.6 cm³/mol. The number of fused-ring (bicyclic) bond motifs is 1. The summed E-state index contributed by atoms with van der Waals surface area (Å²) in [5, 5.41) is 11.1. The van der Waals surface area contributed by atoms with E-state index in [9.17, 15) is 14.4 Å². The molecule has 0 aliphatic carbocycles. The molecule has 8 heteroatoms. The van der Waals surface area contributed by atoms with Gasteiger partial charge in [-0.05, 0) is 6.42 Å². The molecule has 2 atom stereocenters. The van der Waals surface area contributed by atoms with Gasteiger partial charge in [0.1, 0.15) is 0 Å². The van der Waals surface area contributed by atoms with Crippen molar-refractivity contribution in [1.82, 2.24) is 10.2 Å². The van der Waals surface area contributed by atoms with Gasteiger partial charge in [0.15, 0.2) is 0 Å². The molecule has 2 amide bonds.